The first-order valence-corrected chi connectivity index (χ1v) is 3.69. The number of rotatable bonds is 0. The molecule has 2 heterocycles. The van der Waals surface area contributed by atoms with Gasteiger partial charge in [0.05, 0.1) is 12.2 Å². The highest BCUT2D eigenvalue weighted by Crippen LogP contribution is 2.32. The van der Waals surface area contributed by atoms with E-state index in [1.807, 2.05) is 11.6 Å². The fraction of sp³-hybridized carbons (Fsp3) is 0.167. The van der Waals surface area contributed by atoms with Gasteiger partial charge >= 0.3 is 0 Å². The fourth-order valence-electron chi connectivity index (χ4n) is 0.820. The summed E-state index contributed by atoms with van der Waals surface area (Å²) in [6.45, 7) is 0.865. The fourth-order valence-corrected chi connectivity index (χ4v) is 1.56. The summed E-state index contributed by atoms with van der Waals surface area (Å²) >= 11 is 1.66. The zero-order valence-electron chi connectivity index (χ0n) is 4.79. The van der Waals surface area contributed by atoms with Gasteiger partial charge in [-0.3, -0.25) is 0 Å². The molecule has 0 radical (unpaired) electrons. The molecule has 1 aromatic heterocycles. The van der Waals surface area contributed by atoms with Crippen LogP contribution in [0.4, 0.5) is 10.7 Å². The maximum atomic E-state index is 4.18. The van der Waals surface area contributed by atoms with Gasteiger partial charge in [0, 0.05) is 6.21 Å². The summed E-state index contributed by atoms with van der Waals surface area (Å²) in [5.74, 6) is 0. The van der Waals surface area contributed by atoms with Crippen LogP contribution in [0.15, 0.2) is 16.4 Å². The van der Waals surface area contributed by atoms with Crippen molar-refractivity contribution in [3.63, 3.8) is 0 Å². The Labute approximate surface area is 57.2 Å². The Hall–Kier alpha value is -0.830. The summed E-state index contributed by atoms with van der Waals surface area (Å²) in [6.07, 6.45) is 1.89. The molecule has 2 nitrogen and oxygen atoms in total. The quantitative estimate of drug-likeness (QED) is 0.581. The summed E-state index contributed by atoms with van der Waals surface area (Å²) in [4.78, 5) is 4.18. The van der Waals surface area contributed by atoms with Crippen molar-refractivity contribution >= 4 is 28.2 Å². The molecular formula is C6H6N2S. The van der Waals surface area contributed by atoms with Crippen molar-refractivity contribution in [2.24, 2.45) is 4.99 Å². The van der Waals surface area contributed by atoms with E-state index in [0.717, 1.165) is 11.5 Å². The van der Waals surface area contributed by atoms with Gasteiger partial charge in [0.1, 0.15) is 5.00 Å². The van der Waals surface area contributed by atoms with Crippen LogP contribution in [-0.4, -0.2) is 12.8 Å². The predicted molar refractivity (Wildman–Crippen MR) is 41.0 cm³/mol. The summed E-state index contributed by atoms with van der Waals surface area (Å²) in [6, 6.07) is 2.05. The molecule has 0 saturated heterocycles. The predicted octanol–water partition coefficient (Wildman–Crippen LogP) is 1.88. The third kappa shape index (κ3) is 0.733. The molecule has 0 bridgehead atoms. The minimum Gasteiger partial charge on any atom is -0.378 e. The Morgan fingerprint density at radius 2 is 2.67 bits per heavy atom. The highest BCUT2D eigenvalue weighted by Gasteiger charge is 2.03. The van der Waals surface area contributed by atoms with Gasteiger partial charge in [0.25, 0.3) is 0 Å². The van der Waals surface area contributed by atoms with Gasteiger partial charge in [-0.2, -0.15) is 0 Å². The van der Waals surface area contributed by atoms with E-state index < -0.39 is 0 Å². The number of fused-ring (bicyclic) bond motifs is 1. The second kappa shape index (κ2) is 1.84. The number of nitrogens with zero attached hydrogens (tertiary/aromatic N) is 1. The summed E-state index contributed by atoms with van der Waals surface area (Å²) in [5, 5.41) is 6.34. The van der Waals surface area contributed by atoms with Gasteiger partial charge in [0.2, 0.25) is 0 Å². The molecule has 2 rings (SSSR count). The van der Waals surface area contributed by atoms with E-state index in [2.05, 4.69) is 16.4 Å². The molecule has 0 fully saturated rings. The molecule has 1 aliphatic heterocycles. The van der Waals surface area contributed by atoms with Crippen LogP contribution < -0.4 is 5.32 Å². The van der Waals surface area contributed by atoms with Gasteiger partial charge in [-0.1, -0.05) is 0 Å². The minimum absolute atomic E-state index is 0.865. The van der Waals surface area contributed by atoms with E-state index in [9.17, 15) is 0 Å². The standard InChI is InChI=1S/C6H6N2S/c1-4-9-6-5(1)7-2-3-8-6/h1,3-4,7H,2H2. The molecule has 0 aliphatic carbocycles. The van der Waals surface area contributed by atoms with Crippen LogP contribution in [0, 0.1) is 0 Å². The monoisotopic (exact) mass is 138 g/mol. The molecule has 1 aliphatic rings. The van der Waals surface area contributed by atoms with Crippen LogP contribution in [0.2, 0.25) is 0 Å². The molecule has 0 amide bonds. The lowest BCUT2D eigenvalue weighted by atomic mass is 10.4. The lowest BCUT2D eigenvalue weighted by Gasteiger charge is -2.04. The number of hydrogen-bond acceptors (Lipinski definition) is 3. The van der Waals surface area contributed by atoms with Crippen molar-refractivity contribution in [1.82, 2.24) is 0 Å². The van der Waals surface area contributed by atoms with E-state index in [-0.39, 0.29) is 0 Å². The Kier molecular flexibility index (Phi) is 1.02. The molecule has 0 atom stereocenters. The SMILES string of the molecule is C1=Nc2sccc2NC1. The van der Waals surface area contributed by atoms with E-state index in [1.165, 1.54) is 5.69 Å². The van der Waals surface area contributed by atoms with Gasteiger partial charge in [-0.25, -0.2) is 4.99 Å². The summed E-state index contributed by atoms with van der Waals surface area (Å²) in [7, 11) is 0. The van der Waals surface area contributed by atoms with E-state index in [0.29, 0.717) is 0 Å². The maximum absolute atomic E-state index is 4.18. The van der Waals surface area contributed by atoms with Crippen molar-refractivity contribution in [3.8, 4) is 0 Å². The second-order valence-corrected chi connectivity index (χ2v) is 2.73. The van der Waals surface area contributed by atoms with Gasteiger partial charge in [0.15, 0.2) is 0 Å². The lowest BCUT2D eigenvalue weighted by molar-refractivity contribution is 1.37. The third-order valence-corrected chi connectivity index (χ3v) is 2.06. The van der Waals surface area contributed by atoms with Crippen LogP contribution in [0.5, 0.6) is 0 Å². The average Bonchev–Trinajstić information content (AvgIpc) is 2.33. The van der Waals surface area contributed by atoms with E-state index >= 15 is 0 Å². The summed E-state index contributed by atoms with van der Waals surface area (Å²) < 4.78 is 0. The maximum Gasteiger partial charge on any atom is 0.138 e. The van der Waals surface area contributed by atoms with Gasteiger partial charge in [-0.05, 0) is 11.4 Å². The van der Waals surface area contributed by atoms with Crippen molar-refractivity contribution < 1.29 is 0 Å². The zero-order valence-corrected chi connectivity index (χ0v) is 5.61. The first-order chi connectivity index (χ1) is 4.47. The normalized spacial score (nSPS) is 14.7. The van der Waals surface area contributed by atoms with Gasteiger partial charge in [-0.15, -0.1) is 11.3 Å². The Morgan fingerprint density at radius 1 is 1.67 bits per heavy atom. The molecule has 0 spiro atoms. The van der Waals surface area contributed by atoms with Crippen molar-refractivity contribution in [3.05, 3.63) is 11.4 Å². The second-order valence-electron chi connectivity index (χ2n) is 1.83. The van der Waals surface area contributed by atoms with Crippen molar-refractivity contribution in [2.45, 2.75) is 0 Å². The third-order valence-electron chi connectivity index (χ3n) is 1.24. The highest BCUT2D eigenvalue weighted by atomic mass is 32.1. The molecule has 0 aromatic carbocycles. The van der Waals surface area contributed by atoms with Gasteiger partial charge < -0.3 is 5.32 Å². The van der Waals surface area contributed by atoms with Crippen LogP contribution in [0.3, 0.4) is 0 Å². The van der Waals surface area contributed by atoms with E-state index in [1.54, 1.807) is 11.3 Å². The number of hydrogen-bond donors (Lipinski definition) is 1. The van der Waals surface area contributed by atoms with Crippen molar-refractivity contribution in [1.29, 1.82) is 0 Å². The van der Waals surface area contributed by atoms with Crippen LogP contribution >= 0.6 is 11.3 Å². The number of anilines is 1. The smallest absolute Gasteiger partial charge is 0.138 e. The first-order valence-electron chi connectivity index (χ1n) is 2.81. The average molecular weight is 138 g/mol. The molecule has 0 saturated carbocycles. The number of thiophene rings is 1. The Morgan fingerprint density at radius 3 is 3.56 bits per heavy atom. The van der Waals surface area contributed by atoms with Crippen LogP contribution in [0.25, 0.3) is 0 Å². The Balaban J connectivity index is 2.53. The largest absolute Gasteiger partial charge is 0.378 e. The molecule has 0 unspecified atom stereocenters. The molecular weight excluding hydrogens is 132 g/mol. The number of aliphatic imine (C=N–C) groups is 1. The van der Waals surface area contributed by atoms with Crippen molar-refractivity contribution in [2.75, 3.05) is 11.9 Å². The minimum atomic E-state index is 0.865. The molecule has 1 N–H and O–H groups in total. The molecule has 3 heteroatoms. The first kappa shape index (κ1) is 4.99. The topological polar surface area (TPSA) is 24.4 Å². The lowest BCUT2D eigenvalue weighted by Crippen LogP contribution is -2.04. The molecule has 46 valence electrons. The highest BCUT2D eigenvalue weighted by molar-refractivity contribution is 7.14. The summed E-state index contributed by atoms with van der Waals surface area (Å²) in [5.41, 5.74) is 1.17. The van der Waals surface area contributed by atoms with E-state index in [4.69, 9.17) is 0 Å². The van der Waals surface area contributed by atoms with Crippen LogP contribution in [0.1, 0.15) is 0 Å². The zero-order chi connectivity index (χ0) is 6.10. The molecule has 9 heavy (non-hydrogen) atoms. The van der Waals surface area contributed by atoms with Crippen LogP contribution in [-0.2, 0) is 0 Å². The molecule has 1 aromatic rings. The number of nitrogens with one attached hydrogen (secondary N) is 1. The Bertz CT molecular complexity index is 239.